The van der Waals surface area contributed by atoms with Gasteiger partial charge in [-0.25, -0.2) is 4.79 Å². The van der Waals surface area contributed by atoms with E-state index in [1.807, 2.05) is 18.2 Å². The molecule has 0 atom stereocenters. The van der Waals surface area contributed by atoms with Crippen molar-refractivity contribution in [1.82, 2.24) is 0 Å². The summed E-state index contributed by atoms with van der Waals surface area (Å²) in [6.07, 6.45) is 3.01. The Morgan fingerprint density at radius 1 is 1.09 bits per heavy atom. The van der Waals surface area contributed by atoms with Gasteiger partial charge in [-0.15, -0.1) is 0 Å². The number of para-hydroxylation sites is 1. The topological polar surface area (TPSA) is 56.5 Å². The molecule has 1 aromatic heterocycles. The van der Waals surface area contributed by atoms with E-state index in [4.69, 9.17) is 9.15 Å². The number of methoxy groups -OCH3 is 1. The number of allylic oxidation sites excluding steroid dienone is 1. The van der Waals surface area contributed by atoms with Gasteiger partial charge in [0, 0.05) is 5.39 Å². The molecule has 23 heavy (non-hydrogen) atoms. The molecule has 0 aliphatic carbocycles. The third kappa shape index (κ3) is 3.21. The van der Waals surface area contributed by atoms with Crippen LogP contribution in [0.3, 0.4) is 0 Å². The second-order valence-electron chi connectivity index (χ2n) is 4.96. The first-order chi connectivity index (χ1) is 11.2. The van der Waals surface area contributed by atoms with Crippen LogP contribution in [0.25, 0.3) is 17.0 Å². The molecule has 4 nitrogen and oxygen atoms in total. The van der Waals surface area contributed by atoms with E-state index in [0.29, 0.717) is 11.0 Å². The van der Waals surface area contributed by atoms with Gasteiger partial charge >= 0.3 is 5.63 Å². The molecule has 0 aliphatic rings. The first kappa shape index (κ1) is 14.8. The van der Waals surface area contributed by atoms with Crippen molar-refractivity contribution in [2.45, 2.75) is 0 Å². The number of fused-ring (bicyclic) bond motifs is 1. The van der Waals surface area contributed by atoms with Crippen molar-refractivity contribution in [3.8, 4) is 5.75 Å². The molecule has 0 fully saturated rings. The summed E-state index contributed by atoms with van der Waals surface area (Å²) >= 11 is 0. The summed E-state index contributed by atoms with van der Waals surface area (Å²) in [5.41, 5.74) is 0.694. The highest BCUT2D eigenvalue weighted by Gasteiger charge is 2.10. The first-order valence-electron chi connectivity index (χ1n) is 7.07. The Hall–Kier alpha value is -3.14. The molecular weight excluding hydrogens is 292 g/mol. The van der Waals surface area contributed by atoms with Gasteiger partial charge in [0.25, 0.3) is 0 Å². The number of hydrogen-bond donors (Lipinski definition) is 0. The second-order valence-corrected chi connectivity index (χ2v) is 4.96. The van der Waals surface area contributed by atoms with Crippen molar-refractivity contribution in [2.24, 2.45) is 0 Å². The van der Waals surface area contributed by atoms with Gasteiger partial charge in [-0.05, 0) is 35.9 Å². The molecule has 3 aromatic rings. The van der Waals surface area contributed by atoms with Crippen molar-refractivity contribution < 1.29 is 13.9 Å². The fourth-order valence-corrected chi connectivity index (χ4v) is 2.21. The molecule has 1 heterocycles. The predicted octanol–water partition coefficient (Wildman–Crippen LogP) is 3.70. The molecule has 0 amide bonds. The number of ketones is 1. The average molecular weight is 306 g/mol. The number of ether oxygens (including phenoxy) is 1. The Balaban J connectivity index is 1.89. The van der Waals surface area contributed by atoms with Crippen LogP contribution in [-0.2, 0) is 0 Å². The van der Waals surface area contributed by atoms with Crippen molar-refractivity contribution in [2.75, 3.05) is 7.11 Å². The van der Waals surface area contributed by atoms with E-state index in [0.717, 1.165) is 11.3 Å². The molecular formula is C19H14O4. The second kappa shape index (κ2) is 6.32. The van der Waals surface area contributed by atoms with Crippen molar-refractivity contribution >= 4 is 22.8 Å². The van der Waals surface area contributed by atoms with Gasteiger partial charge in [0.2, 0.25) is 0 Å². The lowest BCUT2D eigenvalue weighted by atomic mass is 10.1. The van der Waals surface area contributed by atoms with Crippen LogP contribution in [-0.4, -0.2) is 12.9 Å². The van der Waals surface area contributed by atoms with E-state index in [1.54, 1.807) is 49.6 Å². The van der Waals surface area contributed by atoms with Gasteiger partial charge in [0.1, 0.15) is 16.9 Å². The monoisotopic (exact) mass is 306 g/mol. The van der Waals surface area contributed by atoms with Crippen LogP contribution in [0, 0.1) is 0 Å². The average Bonchev–Trinajstić information content (AvgIpc) is 2.59. The van der Waals surface area contributed by atoms with Crippen molar-refractivity contribution in [3.05, 3.63) is 82.2 Å². The lowest BCUT2D eigenvalue weighted by Crippen LogP contribution is -2.11. The molecule has 0 saturated carbocycles. The molecule has 0 saturated heterocycles. The van der Waals surface area contributed by atoms with E-state index < -0.39 is 5.63 Å². The molecule has 3 rings (SSSR count). The molecule has 0 radical (unpaired) electrons. The Kier molecular flexibility index (Phi) is 4.06. The summed E-state index contributed by atoms with van der Waals surface area (Å²) in [4.78, 5) is 24.2. The molecule has 114 valence electrons. The maximum atomic E-state index is 12.2. The minimum absolute atomic E-state index is 0.0217. The van der Waals surface area contributed by atoms with Crippen LogP contribution in [0.5, 0.6) is 5.75 Å². The lowest BCUT2D eigenvalue weighted by Gasteiger charge is -2.00. The predicted molar refractivity (Wildman–Crippen MR) is 88.8 cm³/mol. The number of carbonyl (C=O) groups is 1. The van der Waals surface area contributed by atoms with Gasteiger partial charge in [-0.3, -0.25) is 4.79 Å². The number of hydrogen-bond acceptors (Lipinski definition) is 4. The van der Waals surface area contributed by atoms with Crippen molar-refractivity contribution in [3.63, 3.8) is 0 Å². The standard InChI is InChI=1S/C19H14O4/c1-22-15-9-6-13(7-10-15)8-11-17(20)16-12-14-4-2-3-5-18(14)23-19(16)21/h2-12H,1H3. The zero-order chi connectivity index (χ0) is 16.2. The molecule has 0 unspecified atom stereocenters. The van der Waals surface area contributed by atoms with Gasteiger partial charge in [0.05, 0.1) is 7.11 Å². The molecule has 0 N–H and O–H groups in total. The zero-order valence-electron chi connectivity index (χ0n) is 12.5. The summed E-state index contributed by atoms with van der Waals surface area (Å²) in [6, 6.07) is 15.9. The fraction of sp³-hybridized carbons (Fsp3) is 0.0526. The molecule has 0 bridgehead atoms. The number of carbonyl (C=O) groups excluding carboxylic acids is 1. The van der Waals surface area contributed by atoms with E-state index >= 15 is 0 Å². The third-order valence-electron chi connectivity index (χ3n) is 3.45. The number of rotatable bonds is 4. The summed E-state index contributed by atoms with van der Waals surface area (Å²) in [5, 5.41) is 0.716. The maximum Gasteiger partial charge on any atom is 0.347 e. The maximum absolute atomic E-state index is 12.2. The van der Waals surface area contributed by atoms with E-state index in [-0.39, 0.29) is 11.3 Å². The molecule has 0 aliphatic heterocycles. The quantitative estimate of drug-likeness (QED) is 0.419. The third-order valence-corrected chi connectivity index (χ3v) is 3.45. The summed E-state index contributed by atoms with van der Waals surface area (Å²) in [5.74, 6) is 0.351. The van der Waals surface area contributed by atoms with Crippen LogP contribution in [0.15, 0.2) is 69.9 Å². The molecule has 4 heteroatoms. The lowest BCUT2D eigenvalue weighted by molar-refractivity contribution is 0.104. The van der Waals surface area contributed by atoms with E-state index in [9.17, 15) is 9.59 Å². The van der Waals surface area contributed by atoms with Crippen LogP contribution in [0.4, 0.5) is 0 Å². The van der Waals surface area contributed by atoms with Gasteiger partial charge in [-0.2, -0.15) is 0 Å². The normalized spacial score (nSPS) is 11.0. The first-order valence-corrected chi connectivity index (χ1v) is 7.07. The molecule has 2 aromatic carbocycles. The minimum atomic E-state index is -0.631. The van der Waals surface area contributed by atoms with E-state index in [2.05, 4.69) is 0 Å². The van der Waals surface area contributed by atoms with Gasteiger partial charge < -0.3 is 9.15 Å². The summed E-state index contributed by atoms with van der Waals surface area (Å²) in [7, 11) is 1.59. The van der Waals surface area contributed by atoms with Crippen LogP contribution >= 0.6 is 0 Å². The largest absolute Gasteiger partial charge is 0.497 e. The highest BCUT2D eigenvalue weighted by atomic mass is 16.5. The van der Waals surface area contributed by atoms with E-state index in [1.165, 1.54) is 6.08 Å². The fourth-order valence-electron chi connectivity index (χ4n) is 2.21. The smallest absolute Gasteiger partial charge is 0.347 e. The van der Waals surface area contributed by atoms with Crippen LogP contribution < -0.4 is 10.4 Å². The summed E-state index contributed by atoms with van der Waals surface area (Å²) < 4.78 is 10.2. The summed E-state index contributed by atoms with van der Waals surface area (Å²) in [6.45, 7) is 0. The minimum Gasteiger partial charge on any atom is -0.497 e. The molecule has 0 spiro atoms. The highest BCUT2D eigenvalue weighted by molar-refractivity contribution is 6.07. The Morgan fingerprint density at radius 2 is 1.83 bits per heavy atom. The highest BCUT2D eigenvalue weighted by Crippen LogP contribution is 2.15. The van der Waals surface area contributed by atoms with Gasteiger partial charge in [-0.1, -0.05) is 36.4 Å². The number of benzene rings is 2. The van der Waals surface area contributed by atoms with Crippen molar-refractivity contribution in [1.29, 1.82) is 0 Å². The Labute approximate surface area is 132 Å². The van der Waals surface area contributed by atoms with Gasteiger partial charge in [0.15, 0.2) is 5.78 Å². The van der Waals surface area contributed by atoms with Crippen LogP contribution in [0.1, 0.15) is 15.9 Å². The Bertz CT molecular complexity index is 933. The Morgan fingerprint density at radius 3 is 2.57 bits per heavy atom. The van der Waals surface area contributed by atoms with Crippen LogP contribution in [0.2, 0.25) is 0 Å². The zero-order valence-corrected chi connectivity index (χ0v) is 12.5. The SMILES string of the molecule is COc1ccc(C=CC(=O)c2cc3ccccc3oc2=O)cc1.